The number of fused-ring (bicyclic) bond motifs is 7. The molecule has 10 heteroatoms. The van der Waals surface area contributed by atoms with Gasteiger partial charge < -0.3 is 19.8 Å². The van der Waals surface area contributed by atoms with Crippen molar-refractivity contribution in [1.82, 2.24) is 14.9 Å². The normalized spacial score (nSPS) is 27.2. The van der Waals surface area contributed by atoms with Gasteiger partial charge in [0.05, 0.1) is 18.8 Å². The highest BCUT2D eigenvalue weighted by molar-refractivity contribution is 7.98. The number of hydrogen-bond donors (Lipinski definition) is 2. The Morgan fingerprint density at radius 2 is 1.97 bits per heavy atom. The molecule has 0 radical (unpaired) electrons. The molecule has 2 unspecified atom stereocenters. The molecule has 2 bridgehead atoms. The molecule has 0 spiro atoms. The Bertz CT molecular complexity index is 1410. The number of hydrazine groups is 1. The molecule has 0 saturated carbocycles. The third kappa shape index (κ3) is 3.81. The van der Waals surface area contributed by atoms with E-state index in [9.17, 15) is 19.4 Å². The first kappa shape index (κ1) is 25.0. The van der Waals surface area contributed by atoms with Crippen LogP contribution in [0.15, 0.2) is 71.1 Å². The van der Waals surface area contributed by atoms with Crippen LogP contribution < -0.4 is 4.74 Å². The van der Waals surface area contributed by atoms with Crippen molar-refractivity contribution in [1.29, 1.82) is 0 Å². The van der Waals surface area contributed by atoms with Crippen LogP contribution in [-0.2, 0) is 10.5 Å². The predicted molar refractivity (Wildman–Crippen MR) is 138 cm³/mol. The Kier molecular flexibility index (Phi) is 6.20. The number of carbonyl (C=O) groups is 1. The quantitative estimate of drug-likeness (QED) is 0.513. The van der Waals surface area contributed by atoms with Gasteiger partial charge in [-0.2, -0.15) is 5.01 Å². The van der Waals surface area contributed by atoms with Crippen LogP contribution in [0.3, 0.4) is 0 Å². The fourth-order valence-corrected chi connectivity index (χ4v) is 6.67. The summed E-state index contributed by atoms with van der Waals surface area (Å²) in [6.45, 7) is 4.16. The van der Waals surface area contributed by atoms with Gasteiger partial charge in [0.2, 0.25) is 0 Å². The smallest absolute Gasteiger partial charge is 0.277 e. The minimum Gasteiger partial charge on any atom is -0.507 e. The zero-order chi connectivity index (χ0) is 26.7. The second-order valence-corrected chi connectivity index (χ2v) is 11.0. The van der Waals surface area contributed by atoms with E-state index >= 15 is 4.39 Å². The van der Waals surface area contributed by atoms with Gasteiger partial charge in [0.1, 0.15) is 18.5 Å². The second kappa shape index (κ2) is 9.44. The minimum atomic E-state index is -1.34. The van der Waals surface area contributed by atoms with Gasteiger partial charge in [-0.3, -0.25) is 9.80 Å². The molecule has 6 rings (SSSR count). The molecule has 0 aromatic heterocycles. The van der Waals surface area contributed by atoms with Gasteiger partial charge in [0.25, 0.3) is 5.91 Å². The van der Waals surface area contributed by atoms with Gasteiger partial charge in [0.15, 0.2) is 23.1 Å². The molecule has 1 fully saturated rings. The lowest BCUT2D eigenvalue weighted by Gasteiger charge is -2.51. The molecule has 0 aliphatic carbocycles. The van der Waals surface area contributed by atoms with Crippen molar-refractivity contribution in [2.45, 2.75) is 42.7 Å². The van der Waals surface area contributed by atoms with E-state index in [0.717, 1.165) is 16.5 Å². The number of halogens is 2. The summed E-state index contributed by atoms with van der Waals surface area (Å²) in [7, 11) is 0. The summed E-state index contributed by atoms with van der Waals surface area (Å²) in [5.41, 5.74) is 1.40. The van der Waals surface area contributed by atoms with E-state index in [0.29, 0.717) is 5.56 Å². The van der Waals surface area contributed by atoms with E-state index in [2.05, 4.69) is 0 Å². The van der Waals surface area contributed by atoms with Crippen LogP contribution in [0.4, 0.5) is 8.78 Å². The number of carbonyl (C=O) groups excluding carboxylic acids is 1. The molecule has 198 valence electrons. The Morgan fingerprint density at radius 3 is 2.76 bits per heavy atom. The minimum absolute atomic E-state index is 0.000882. The lowest BCUT2D eigenvalue weighted by Crippen LogP contribution is -2.61. The van der Waals surface area contributed by atoms with Crippen molar-refractivity contribution in [3.63, 3.8) is 0 Å². The largest absolute Gasteiger partial charge is 0.507 e. The third-order valence-electron chi connectivity index (χ3n) is 7.39. The molecule has 4 aliphatic heterocycles. The van der Waals surface area contributed by atoms with Crippen LogP contribution in [0, 0.1) is 17.6 Å². The average molecular weight is 540 g/mol. The molecule has 2 aromatic rings. The summed E-state index contributed by atoms with van der Waals surface area (Å²) < 4.78 is 36.4. The van der Waals surface area contributed by atoms with Crippen molar-refractivity contribution < 1.29 is 28.5 Å². The number of hydrogen-bond acceptors (Lipinski definition) is 7. The van der Waals surface area contributed by atoms with Crippen LogP contribution in [0.5, 0.6) is 5.75 Å². The topological polar surface area (TPSA) is 76.5 Å². The number of amides is 1. The number of benzene rings is 2. The molecule has 4 atom stereocenters. The monoisotopic (exact) mass is 539 g/mol. The summed E-state index contributed by atoms with van der Waals surface area (Å²) in [5.74, 6) is -2.42. The SMILES string of the molecule is CC(C)[C@@H]1/C=C/COc2cc(F)c(F)c3c2[C@H](c2ccccc2SC3)N2CN1C(=O)C1=C(O)C(O)C=CN12. The fraction of sp³-hybridized carbons (Fsp3) is 0.321. The first-order valence-corrected chi connectivity index (χ1v) is 13.4. The highest BCUT2D eigenvalue weighted by atomic mass is 32.2. The highest BCUT2D eigenvalue weighted by Crippen LogP contribution is 2.49. The molecule has 7 nitrogen and oxygen atoms in total. The molecular weight excluding hydrogens is 512 g/mol. The van der Waals surface area contributed by atoms with E-state index in [-0.39, 0.29) is 48.0 Å². The second-order valence-electron chi connectivity index (χ2n) is 9.99. The van der Waals surface area contributed by atoms with Gasteiger partial charge in [-0.1, -0.05) is 38.1 Å². The maximum Gasteiger partial charge on any atom is 0.277 e. The Balaban J connectivity index is 1.67. The Labute approximate surface area is 223 Å². The number of nitrogens with zero attached hydrogens (tertiary/aromatic N) is 3. The zero-order valence-corrected chi connectivity index (χ0v) is 21.7. The molecule has 2 N–H and O–H groups in total. The number of thioether (sulfide) groups is 1. The van der Waals surface area contributed by atoms with Crippen molar-refractivity contribution >= 4 is 17.7 Å². The van der Waals surface area contributed by atoms with Crippen LogP contribution >= 0.6 is 11.8 Å². The first-order chi connectivity index (χ1) is 18.3. The van der Waals surface area contributed by atoms with E-state index in [1.807, 2.05) is 49.2 Å². The van der Waals surface area contributed by atoms with E-state index in [4.69, 9.17) is 4.74 Å². The van der Waals surface area contributed by atoms with Crippen LogP contribution in [0.25, 0.3) is 0 Å². The van der Waals surface area contributed by atoms with Gasteiger partial charge in [-0.15, -0.1) is 11.8 Å². The summed E-state index contributed by atoms with van der Waals surface area (Å²) in [4.78, 5) is 16.4. The maximum absolute atomic E-state index is 15.4. The Morgan fingerprint density at radius 1 is 1.18 bits per heavy atom. The highest BCUT2D eigenvalue weighted by Gasteiger charge is 2.47. The van der Waals surface area contributed by atoms with Gasteiger partial charge in [-0.05, 0) is 29.7 Å². The lowest BCUT2D eigenvalue weighted by molar-refractivity contribution is -0.154. The van der Waals surface area contributed by atoms with Gasteiger partial charge in [0, 0.05) is 34.0 Å². The molecule has 4 heterocycles. The number of aliphatic hydroxyl groups excluding tert-OH is 2. The van der Waals surface area contributed by atoms with Gasteiger partial charge in [-0.25, -0.2) is 8.78 Å². The molecule has 4 aliphatic rings. The summed E-state index contributed by atoms with van der Waals surface area (Å²) >= 11 is 1.41. The first-order valence-electron chi connectivity index (χ1n) is 12.5. The van der Waals surface area contributed by atoms with Crippen molar-refractivity contribution in [2.75, 3.05) is 13.3 Å². The van der Waals surface area contributed by atoms with Crippen molar-refractivity contribution in [3.8, 4) is 5.75 Å². The number of aliphatic hydroxyl groups is 2. The van der Waals surface area contributed by atoms with Crippen molar-refractivity contribution in [2.24, 2.45) is 5.92 Å². The maximum atomic E-state index is 15.4. The average Bonchev–Trinajstić information content (AvgIpc) is 3.08. The lowest BCUT2D eigenvalue weighted by atomic mass is 9.92. The third-order valence-corrected chi connectivity index (χ3v) is 8.51. The summed E-state index contributed by atoms with van der Waals surface area (Å²) in [6.07, 6.45) is 5.21. The van der Waals surface area contributed by atoms with Gasteiger partial charge >= 0.3 is 0 Å². The molecule has 1 amide bonds. The van der Waals surface area contributed by atoms with Crippen LogP contribution in [-0.4, -0.2) is 56.5 Å². The molecule has 2 aromatic carbocycles. The number of ether oxygens (including phenoxy) is 1. The predicted octanol–water partition coefficient (Wildman–Crippen LogP) is 4.61. The van der Waals surface area contributed by atoms with E-state index in [1.165, 1.54) is 29.0 Å². The van der Waals surface area contributed by atoms with E-state index < -0.39 is 35.4 Å². The van der Waals surface area contributed by atoms with E-state index in [1.54, 1.807) is 11.0 Å². The molecule has 38 heavy (non-hydrogen) atoms. The summed E-state index contributed by atoms with van der Waals surface area (Å²) in [6, 6.07) is 7.64. The summed E-state index contributed by atoms with van der Waals surface area (Å²) in [5, 5.41) is 24.7. The van der Waals surface area contributed by atoms with Crippen LogP contribution in [0.2, 0.25) is 0 Å². The molecular formula is C28H27F2N3O4S. The molecule has 1 saturated heterocycles. The number of rotatable bonds is 1. The van der Waals surface area contributed by atoms with Crippen molar-refractivity contribution in [3.05, 3.63) is 94.5 Å². The van der Waals surface area contributed by atoms with Crippen LogP contribution in [0.1, 0.15) is 36.6 Å². The standard InChI is InChI=1S/C28H27F2N3O4S/c1-15(2)19-7-5-11-37-21-12-18(29)24(30)17-13-38-22-8-4-3-6-16(22)25(23(17)21)33-14-31(19)28(36)26-27(35)20(34)9-10-32(26)33/h3-10,12,15,19-20,25,34-35H,11,13-14H2,1-2H3/b7-5+/t19-,20?,25-/m0/s1. The Hall–Kier alpha value is -3.34. The fourth-order valence-electron chi connectivity index (χ4n) is 5.57. The zero-order valence-electron chi connectivity index (χ0n) is 20.8.